The molecule has 0 radical (unpaired) electrons. The van der Waals surface area contributed by atoms with E-state index in [1.54, 1.807) is 0 Å². The lowest BCUT2D eigenvalue weighted by Crippen LogP contribution is -2.42. The Labute approximate surface area is 140 Å². The zero-order valence-electron chi connectivity index (χ0n) is 15.6. The smallest absolute Gasteiger partial charge is 0.0501 e. The summed E-state index contributed by atoms with van der Waals surface area (Å²) in [7, 11) is 6.56. The molecule has 0 bridgehead atoms. The van der Waals surface area contributed by atoms with Gasteiger partial charge in [-0.1, -0.05) is 20.8 Å². The SMILES string of the molecule is CN(C)C1CCN(c2cc(C(C)(C)C)cc3c2ccn3C)CC1. The second-order valence-corrected chi connectivity index (χ2v) is 8.29. The van der Waals surface area contributed by atoms with Crippen LogP contribution in [0, 0.1) is 0 Å². The van der Waals surface area contributed by atoms with Crippen LogP contribution in [0.5, 0.6) is 0 Å². The van der Waals surface area contributed by atoms with Crippen LogP contribution in [0.25, 0.3) is 10.9 Å². The molecule has 3 heteroatoms. The van der Waals surface area contributed by atoms with Gasteiger partial charge < -0.3 is 14.4 Å². The van der Waals surface area contributed by atoms with E-state index in [0.29, 0.717) is 0 Å². The molecule has 1 aromatic heterocycles. The fourth-order valence-corrected chi connectivity index (χ4v) is 3.67. The number of anilines is 1. The Hall–Kier alpha value is -1.48. The number of hydrogen-bond donors (Lipinski definition) is 0. The van der Waals surface area contributed by atoms with E-state index in [0.717, 1.165) is 19.1 Å². The molecule has 1 aliphatic heterocycles. The van der Waals surface area contributed by atoms with Crippen LogP contribution in [-0.2, 0) is 12.5 Å². The van der Waals surface area contributed by atoms with Crippen LogP contribution in [0.15, 0.2) is 24.4 Å². The summed E-state index contributed by atoms with van der Waals surface area (Å²) in [5.41, 5.74) is 4.37. The van der Waals surface area contributed by atoms with Gasteiger partial charge in [0.25, 0.3) is 0 Å². The molecule has 2 aromatic rings. The first-order chi connectivity index (χ1) is 10.8. The summed E-state index contributed by atoms with van der Waals surface area (Å²) in [5, 5.41) is 1.39. The molecule has 2 heterocycles. The van der Waals surface area contributed by atoms with E-state index in [4.69, 9.17) is 0 Å². The van der Waals surface area contributed by atoms with Crippen LogP contribution < -0.4 is 4.90 Å². The van der Waals surface area contributed by atoms with E-state index < -0.39 is 0 Å². The Morgan fingerprint density at radius 2 is 1.74 bits per heavy atom. The Bertz CT molecular complexity index is 683. The van der Waals surface area contributed by atoms with E-state index >= 15 is 0 Å². The summed E-state index contributed by atoms with van der Waals surface area (Å²) in [4.78, 5) is 4.97. The maximum atomic E-state index is 2.59. The van der Waals surface area contributed by atoms with Crippen LogP contribution in [0.4, 0.5) is 5.69 Å². The number of fused-ring (bicyclic) bond motifs is 1. The van der Waals surface area contributed by atoms with E-state index in [-0.39, 0.29) is 5.41 Å². The topological polar surface area (TPSA) is 11.4 Å². The van der Waals surface area contributed by atoms with Gasteiger partial charge in [0.05, 0.1) is 5.52 Å². The molecule has 23 heavy (non-hydrogen) atoms. The second kappa shape index (κ2) is 5.86. The van der Waals surface area contributed by atoms with E-state index in [1.807, 2.05) is 0 Å². The van der Waals surface area contributed by atoms with Crippen molar-refractivity contribution in [2.45, 2.75) is 45.1 Å². The summed E-state index contributed by atoms with van der Waals surface area (Å²) in [6.07, 6.45) is 4.69. The number of aromatic nitrogens is 1. The lowest BCUT2D eigenvalue weighted by atomic mass is 9.86. The molecular formula is C20H31N3. The van der Waals surface area contributed by atoms with Gasteiger partial charge in [-0.15, -0.1) is 0 Å². The van der Waals surface area contributed by atoms with Gasteiger partial charge in [0.1, 0.15) is 0 Å². The van der Waals surface area contributed by atoms with Gasteiger partial charge in [-0.25, -0.2) is 0 Å². The minimum absolute atomic E-state index is 0.176. The van der Waals surface area contributed by atoms with Gasteiger partial charge >= 0.3 is 0 Å². The predicted octanol–water partition coefficient (Wildman–Crippen LogP) is 4.01. The fraction of sp³-hybridized carbons (Fsp3) is 0.600. The van der Waals surface area contributed by atoms with Crippen molar-refractivity contribution in [2.24, 2.45) is 7.05 Å². The fourth-order valence-electron chi connectivity index (χ4n) is 3.67. The van der Waals surface area contributed by atoms with Crippen LogP contribution in [0.2, 0.25) is 0 Å². The van der Waals surface area contributed by atoms with E-state index in [9.17, 15) is 0 Å². The summed E-state index contributed by atoms with van der Waals surface area (Å²) in [6.45, 7) is 9.22. The molecule has 1 aliphatic rings. The zero-order valence-corrected chi connectivity index (χ0v) is 15.6. The quantitative estimate of drug-likeness (QED) is 0.830. The van der Waals surface area contributed by atoms with Gasteiger partial charge in [-0.3, -0.25) is 0 Å². The number of piperidine rings is 1. The third-order valence-electron chi connectivity index (χ3n) is 5.38. The zero-order chi connectivity index (χ0) is 16.8. The number of rotatable bonds is 2. The van der Waals surface area contributed by atoms with E-state index in [2.05, 4.69) is 80.7 Å². The van der Waals surface area contributed by atoms with Gasteiger partial charge in [-0.05, 0) is 56.1 Å². The van der Waals surface area contributed by atoms with Crippen LogP contribution in [0.3, 0.4) is 0 Å². The first-order valence-corrected chi connectivity index (χ1v) is 8.78. The Balaban J connectivity index is 2.00. The molecule has 0 spiro atoms. The summed E-state index contributed by atoms with van der Waals surface area (Å²) < 4.78 is 2.25. The van der Waals surface area contributed by atoms with Crippen molar-refractivity contribution in [3.8, 4) is 0 Å². The molecule has 3 rings (SSSR count). The number of aryl methyl sites for hydroxylation is 1. The number of benzene rings is 1. The molecule has 1 fully saturated rings. The maximum absolute atomic E-state index is 2.59. The molecule has 0 N–H and O–H groups in total. The standard InChI is InChI=1S/C20H31N3/c1-20(2,3)15-13-18-17(9-10-22(18)6)19(14-15)23-11-7-16(8-12-23)21(4)5/h9-10,13-14,16H,7-8,11-12H2,1-6H3. The van der Waals surface area contributed by atoms with Crippen molar-refractivity contribution in [3.63, 3.8) is 0 Å². The molecule has 0 aliphatic carbocycles. The molecule has 126 valence electrons. The molecule has 1 aromatic carbocycles. The molecule has 0 amide bonds. The highest BCUT2D eigenvalue weighted by atomic mass is 15.2. The highest BCUT2D eigenvalue weighted by molar-refractivity contribution is 5.94. The van der Waals surface area contributed by atoms with Crippen molar-refractivity contribution in [3.05, 3.63) is 30.0 Å². The lowest BCUT2D eigenvalue weighted by Gasteiger charge is -2.37. The third-order valence-corrected chi connectivity index (χ3v) is 5.38. The highest BCUT2D eigenvalue weighted by Gasteiger charge is 2.24. The average molecular weight is 313 g/mol. The molecule has 0 unspecified atom stereocenters. The minimum atomic E-state index is 0.176. The molecule has 0 saturated carbocycles. The van der Waals surface area contributed by atoms with Crippen molar-refractivity contribution in [2.75, 3.05) is 32.1 Å². The molecule has 1 saturated heterocycles. The largest absolute Gasteiger partial charge is 0.371 e. The van der Waals surface area contributed by atoms with Crippen molar-refractivity contribution in [1.29, 1.82) is 0 Å². The van der Waals surface area contributed by atoms with Crippen LogP contribution in [-0.4, -0.2) is 42.7 Å². The lowest BCUT2D eigenvalue weighted by molar-refractivity contribution is 0.250. The Kier molecular flexibility index (Phi) is 4.18. The summed E-state index contributed by atoms with van der Waals surface area (Å²) >= 11 is 0. The minimum Gasteiger partial charge on any atom is -0.371 e. The van der Waals surface area contributed by atoms with E-state index in [1.165, 1.54) is 35.0 Å². The van der Waals surface area contributed by atoms with Crippen molar-refractivity contribution < 1.29 is 0 Å². The summed E-state index contributed by atoms with van der Waals surface area (Å²) in [6, 6.07) is 7.79. The Morgan fingerprint density at radius 1 is 1.09 bits per heavy atom. The predicted molar refractivity (Wildman–Crippen MR) is 101 cm³/mol. The van der Waals surface area contributed by atoms with Crippen LogP contribution >= 0.6 is 0 Å². The molecule has 3 nitrogen and oxygen atoms in total. The first kappa shape index (κ1) is 16.4. The molecular weight excluding hydrogens is 282 g/mol. The number of hydrogen-bond acceptors (Lipinski definition) is 2. The average Bonchev–Trinajstić information content (AvgIpc) is 2.87. The van der Waals surface area contributed by atoms with Crippen molar-refractivity contribution in [1.82, 2.24) is 9.47 Å². The first-order valence-electron chi connectivity index (χ1n) is 8.78. The number of nitrogens with zero attached hydrogens (tertiary/aromatic N) is 3. The van der Waals surface area contributed by atoms with Gasteiger partial charge in [-0.2, -0.15) is 0 Å². The maximum Gasteiger partial charge on any atom is 0.0501 e. The second-order valence-electron chi connectivity index (χ2n) is 8.29. The Morgan fingerprint density at radius 3 is 2.30 bits per heavy atom. The van der Waals surface area contributed by atoms with Gasteiger partial charge in [0.2, 0.25) is 0 Å². The third kappa shape index (κ3) is 3.12. The van der Waals surface area contributed by atoms with Crippen LogP contribution in [0.1, 0.15) is 39.2 Å². The van der Waals surface area contributed by atoms with Gasteiger partial charge in [0.15, 0.2) is 0 Å². The van der Waals surface area contributed by atoms with Crippen molar-refractivity contribution >= 4 is 16.6 Å². The summed E-state index contributed by atoms with van der Waals surface area (Å²) in [5.74, 6) is 0. The highest BCUT2D eigenvalue weighted by Crippen LogP contribution is 2.35. The molecule has 0 atom stereocenters. The normalized spacial score (nSPS) is 17.4. The van der Waals surface area contributed by atoms with Gasteiger partial charge in [0, 0.05) is 43.4 Å². The monoisotopic (exact) mass is 313 g/mol.